The molecule has 8 heteroatoms. The number of alkyl halides is 3. The van der Waals surface area contributed by atoms with Crippen LogP contribution >= 0.6 is 0 Å². The molecule has 4 nitrogen and oxygen atoms in total. The summed E-state index contributed by atoms with van der Waals surface area (Å²) in [6.45, 7) is 0.253. The summed E-state index contributed by atoms with van der Waals surface area (Å²) in [6.07, 6.45) is -4.40. The van der Waals surface area contributed by atoms with Gasteiger partial charge in [-0.15, -0.1) is 0 Å². The lowest BCUT2D eigenvalue weighted by atomic mass is 10.1. The fourth-order valence-corrected chi connectivity index (χ4v) is 2.81. The highest BCUT2D eigenvalue weighted by Gasteiger charge is 2.36. The number of fused-ring (bicyclic) bond motifs is 1. The Morgan fingerprint density at radius 1 is 1.04 bits per heavy atom. The van der Waals surface area contributed by atoms with Crippen LogP contribution in [0.2, 0.25) is 0 Å². The van der Waals surface area contributed by atoms with E-state index in [2.05, 4.69) is 0 Å². The molecule has 0 aromatic heterocycles. The van der Waals surface area contributed by atoms with Crippen molar-refractivity contribution < 1.29 is 27.2 Å². The van der Waals surface area contributed by atoms with Crippen LogP contribution in [-0.4, -0.2) is 30.3 Å². The first kappa shape index (κ1) is 18.1. The van der Waals surface area contributed by atoms with E-state index in [0.717, 1.165) is 29.2 Å². The minimum absolute atomic E-state index is 0.00203. The van der Waals surface area contributed by atoms with Gasteiger partial charge >= 0.3 is 12.1 Å². The van der Waals surface area contributed by atoms with E-state index >= 15 is 0 Å². The summed E-state index contributed by atoms with van der Waals surface area (Å²) >= 11 is 0. The molecule has 0 unspecified atom stereocenters. The third-order valence-electron chi connectivity index (χ3n) is 4.05. The summed E-state index contributed by atoms with van der Waals surface area (Å²) in [5.41, 5.74) is 0.199. The fraction of sp³-hybridized carbons (Fsp3) is 0.222. The predicted molar refractivity (Wildman–Crippen MR) is 86.0 cm³/mol. The number of Topliss-reactive ketones (excluding diaryl/α,β-unsaturated/α-hetero) is 1. The molecule has 0 radical (unpaired) electrons. The minimum atomic E-state index is -4.40. The Hall–Kier alpha value is -2.74. The van der Waals surface area contributed by atoms with Gasteiger partial charge in [-0.2, -0.15) is 13.2 Å². The van der Waals surface area contributed by atoms with Crippen LogP contribution in [0.3, 0.4) is 0 Å². The molecule has 0 saturated heterocycles. The summed E-state index contributed by atoms with van der Waals surface area (Å²) in [7, 11) is 1.65. The second kappa shape index (κ2) is 6.53. The fourth-order valence-electron chi connectivity index (χ4n) is 2.81. The van der Waals surface area contributed by atoms with Gasteiger partial charge in [0.05, 0.1) is 23.5 Å². The largest absolute Gasteiger partial charge is 0.416 e. The molecule has 0 bridgehead atoms. The molecule has 0 aliphatic carbocycles. The number of nitrogens with zero attached hydrogens (tertiary/aromatic N) is 2. The molecule has 0 N–H and O–H groups in total. The molecule has 1 amide bonds. The molecule has 26 heavy (non-hydrogen) atoms. The van der Waals surface area contributed by atoms with Crippen LogP contribution in [0.15, 0.2) is 42.5 Å². The average molecular weight is 366 g/mol. The Labute approximate surface area is 146 Å². The number of hydrogen-bond donors (Lipinski definition) is 0. The normalized spacial score (nSPS) is 14.3. The summed E-state index contributed by atoms with van der Waals surface area (Å²) in [4.78, 5) is 26.9. The number of amides is 1. The van der Waals surface area contributed by atoms with Crippen molar-refractivity contribution in [2.24, 2.45) is 0 Å². The van der Waals surface area contributed by atoms with Crippen molar-refractivity contribution in [3.05, 3.63) is 65.0 Å². The molecule has 3 rings (SSSR count). The van der Waals surface area contributed by atoms with E-state index in [4.69, 9.17) is 0 Å². The summed E-state index contributed by atoms with van der Waals surface area (Å²) < 4.78 is 51.2. The molecule has 1 aliphatic heterocycles. The maximum atomic E-state index is 13.5. The van der Waals surface area contributed by atoms with Crippen molar-refractivity contribution in [3.8, 4) is 0 Å². The second-order valence-corrected chi connectivity index (χ2v) is 6.07. The predicted octanol–water partition coefficient (Wildman–Crippen LogP) is 3.46. The van der Waals surface area contributed by atoms with Crippen LogP contribution in [0, 0.1) is 5.82 Å². The third-order valence-corrected chi connectivity index (χ3v) is 4.05. The number of carbonyl (C=O) groups excluding carboxylic acids is 2. The first-order valence-corrected chi connectivity index (χ1v) is 7.67. The highest BCUT2D eigenvalue weighted by molar-refractivity contribution is 6.52. The van der Waals surface area contributed by atoms with E-state index in [1.165, 1.54) is 18.2 Å². The van der Waals surface area contributed by atoms with Crippen LogP contribution in [0.5, 0.6) is 0 Å². The van der Waals surface area contributed by atoms with Gasteiger partial charge in [-0.05, 0) is 42.9 Å². The molecular weight excluding hydrogens is 352 g/mol. The topological polar surface area (TPSA) is 40.6 Å². The van der Waals surface area contributed by atoms with Crippen molar-refractivity contribution in [1.82, 2.24) is 4.90 Å². The van der Waals surface area contributed by atoms with Gasteiger partial charge in [0.1, 0.15) is 5.82 Å². The Kier molecular flexibility index (Phi) is 4.53. The standard InChI is InChI=1S/C18H14F4N2O2/c1-23(9-11-2-4-12(5-3-11)18(20,21)22)10-24-15-8-13(19)6-7-14(15)16(25)17(24)26/h2-8H,9-10H2,1H3. The van der Waals surface area contributed by atoms with E-state index in [1.54, 1.807) is 11.9 Å². The van der Waals surface area contributed by atoms with Gasteiger partial charge in [0.15, 0.2) is 0 Å². The molecule has 0 atom stereocenters. The Balaban J connectivity index is 1.73. The number of hydrogen-bond acceptors (Lipinski definition) is 3. The second-order valence-electron chi connectivity index (χ2n) is 6.07. The number of rotatable bonds is 4. The van der Waals surface area contributed by atoms with Crippen LogP contribution in [0.4, 0.5) is 23.2 Å². The Morgan fingerprint density at radius 2 is 1.69 bits per heavy atom. The van der Waals surface area contributed by atoms with Crippen molar-refractivity contribution in [2.75, 3.05) is 18.6 Å². The maximum absolute atomic E-state index is 13.5. The van der Waals surface area contributed by atoms with Crippen LogP contribution in [-0.2, 0) is 17.5 Å². The highest BCUT2D eigenvalue weighted by atomic mass is 19.4. The van der Waals surface area contributed by atoms with Gasteiger partial charge in [-0.1, -0.05) is 12.1 Å². The Morgan fingerprint density at radius 3 is 2.31 bits per heavy atom. The lowest BCUT2D eigenvalue weighted by molar-refractivity contribution is -0.137. The van der Waals surface area contributed by atoms with Crippen molar-refractivity contribution in [1.29, 1.82) is 0 Å². The van der Waals surface area contributed by atoms with E-state index < -0.39 is 29.2 Å². The number of carbonyl (C=O) groups is 2. The highest BCUT2D eigenvalue weighted by Crippen LogP contribution is 2.31. The molecule has 1 aliphatic rings. The van der Waals surface area contributed by atoms with Crippen molar-refractivity contribution >= 4 is 17.4 Å². The summed E-state index contributed by atoms with van der Waals surface area (Å²) in [6, 6.07) is 8.16. The van der Waals surface area contributed by atoms with Crippen LogP contribution in [0.1, 0.15) is 21.5 Å². The van der Waals surface area contributed by atoms with Crippen LogP contribution < -0.4 is 4.90 Å². The SMILES string of the molecule is CN(Cc1ccc(C(F)(F)F)cc1)CN1C(=O)C(=O)c2ccc(F)cc21. The van der Waals surface area contributed by atoms with E-state index in [1.807, 2.05) is 0 Å². The first-order chi connectivity index (χ1) is 12.2. The molecule has 1 heterocycles. The minimum Gasteiger partial charge on any atom is -0.291 e. The Bertz CT molecular complexity index is 862. The van der Waals surface area contributed by atoms with E-state index in [0.29, 0.717) is 5.56 Å². The lowest BCUT2D eigenvalue weighted by Gasteiger charge is -2.24. The zero-order valence-corrected chi connectivity index (χ0v) is 13.7. The van der Waals surface area contributed by atoms with Gasteiger partial charge in [-0.25, -0.2) is 4.39 Å². The van der Waals surface area contributed by atoms with Gasteiger partial charge < -0.3 is 0 Å². The molecule has 2 aromatic carbocycles. The van der Waals surface area contributed by atoms with Crippen molar-refractivity contribution in [2.45, 2.75) is 12.7 Å². The number of ketones is 1. The zero-order valence-electron chi connectivity index (χ0n) is 13.7. The zero-order chi connectivity index (χ0) is 19.1. The number of benzene rings is 2. The van der Waals surface area contributed by atoms with E-state index in [-0.39, 0.29) is 24.5 Å². The van der Waals surface area contributed by atoms with Crippen LogP contribution in [0.25, 0.3) is 0 Å². The average Bonchev–Trinajstić information content (AvgIpc) is 2.79. The third kappa shape index (κ3) is 3.45. The number of halogens is 4. The van der Waals surface area contributed by atoms with Gasteiger partial charge in [0.2, 0.25) is 0 Å². The summed E-state index contributed by atoms with van der Waals surface area (Å²) in [5.74, 6) is -2.03. The number of anilines is 1. The molecular formula is C18H14F4N2O2. The van der Waals surface area contributed by atoms with E-state index in [9.17, 15) is 27.2 Å². The van der Waals surface area contributed by atoms with Gasteiger partial charge in [-0.3, -0.25) is 19.4 Å². The maximum Gasteiger partial charge on any atom is 0.416 e. The lowest BCUT2D eigenvalue weighted by Crippen LogP contribution is -2.39. The monoisotopic (exact) mass is 366 g/mol. The smallest absolute Gasteiger partial charge is 0.291 e. The summed E-state index contributed by atoms with van der Waals surface area (Å²) in [5, 5.41) is 0. The molecule has 2 aromatic rings. The molecule has 0 saturated carbocycles. The first-order valence-electron chi connectivity index (χ1n) is 7.67. The molecule has 0 fully saturated rings. The van der Waals surface area contributed by atoms with Gasteiger partial charge in [0.25, 0.3) is 5.78 Å². The molecule has 0 spiro atoms. The van der Waals surface area contributed by atoms with Crippen molar-refractivity contribution in [3.63, 3.8) is 0 Å². The quantitative estimate of drug-likeness (QED) is 0.615. The molecule has 136 valence electrons. The van der Waals surface area contributed by atoms with Gasteiger partial charge in [0, 0.05) is 6.54 Å².